The van der Waals surface area contributed by atoms with Gasteiger partial charge in [-0.2, -0.15) is 0 Å². The van der Waals surface area contributed by atoms with Crippen LogP contribution >= 0.6 is 0 Å². The molecule has 1 saturated carbocycles. The number of ether oxygens (including phenoxy) is 1. The van der Waals surface area contributed by atoms with E-state index in [2.05, 4.69) is 31.4 Å². The van der Waals surface area contributed by atoms with Crippen molar-refractivity contribution in [3.05, 3.63) is 35.4 Å². The molecule has 1 aliphatic heterocycles. The molecule has 8 nitrogen and oxygen atoms in total. The van der Waals surface area contributed by atoms with E-state index in [1.165, 1.54) is 0 Å². The fraction of sp³-hybridized carbons (Fsp3) is 0.583. The molecule has 174 valence electrons. The first-order valence-corrected chi connectivity index (χ1v) is 11.1. The molecular formula is C24H33N3O5. The van der Waals surface area contributed by atoms with Gasteiger partial charge in [0, 0.05) is 6.54 Å². The fourth-order valence-corrected chi connectivity index (χ4v) is 4.51. The van der Waals surface area contributed by atoms with Crippen LogP contribution in [0.15, 0.2) is 24.3 Å². The molecule has 32 heavy (non-hydrogen) atoms. The molecule has 0 unspecified atom stereocenters. The summed E-state index contributed by atoms with van der Waals surface area (Å²) in [5.74, 6) is -1.14. The van der Waals surface area contributed by atoms with Gasteiger partial charge < -0.3 is 15.4 Å². The van der Waals surface area contributed by atoms with Crippen molar-refractivity contribution in [3.63, 3.8) is 0 Å². The van der Waals surface area contributed by atoms with Crippen molar-refractivity contribution in [2.45, 2.75) is 65.5 Å². The van der Waals surface area contributed by atoms with Crippen LogP contribution in [0.4, 0.5) is 4.79 Å². The third kappa shape index (κ3) is 5.29. The van der Waals surface area contributed by atoms with Crippen molar-refractivity contribution in [1.82, 2.24) is 15.5 Å². The minimum atomic E-state index is -0.927. The minimum Gasteiger partial charge on any atom is -0.454 e. The molecule has 0 atom stereocenters. The summed E-state index contributed by atoms with van der Waals surface area (Å²) < 4.78 is 4.99. The van der Waals surface area contributed by atoms with E-state index < -0.39 is 36.6 Å². The van der Waals surface area contributed by atoms with Gasteiger partial charge in [-0.1, -0.05) is 45.0 Å². The van der Waals surface area contributed by atoms with Crippen molar-refractivity contribution >= 4 is 23.8 Å². The lowest BCUT2D eigenvalue weighted by molar-refractivity contribution is -0.151. The molecule has 2 N–H and O–H groups in total. The average molecular weight is 444 g/mol. The molecule has 0 bridgehead atoms. The summed E-state index contributed by atoms with van der Waals surface area (Å²) in [5.41, 5.74) is 1.24. The van der Waals surface area contributed by atoms with Gasteiger partial charge in [-0.25, -0.2) is 4.79 Å². The normalized spacial score (nSPS) is 23.2. The van der Waals surface area contributed by atoms with Crippen molar-refractivity contribution in [3.8, 4) is 0 Å². The molecule has 3 rings (SSSR count). The Hall–Kier alpha value is -2.90. The third-order valence-electron chi connectivity index (χ3n) is 6.70. The molecule has 1 spiro atoms. The molecule has 1 aromatic rings. The molecule has 1 heterocycles. The van der Waals surface area contributed by atoms with E-state index in [9.17, 15) is 19.2 Å². The maximum atomic E-state index is 13.0. The highest BCUT2D eigenvalue weighted by Crippen LogP contribution is 2.43. The summed E-state index contributed by atoms with van der Waals surface area (Å²) >= 11 is 0. The highest BCUT2D eigenvalue weighted by molar-refractivity contribution is 6.08. The molecule has 2 aliphatic rings. The second kappa shape index (κ2) is 9.30. The Morgan fingerprint density at radius 3 is 2.47 bits per heavy atom. The van der Waals surface area contributed by atoms with Crippen molar-refractivity contribution in [2.75, 3.05) is 13.2 Å². The van der Waals surface area contributed by atoms with E-state index in [1.807, 2.05) is 31.2 Å². The Kier molecular flexibility index (Phi) is 6.91. The van der Waals surface area contributed by atoms with Gasteiger partial charge in [0.1, 0.15) is 12.1 Å². The molecule has 4 amide bonds. The van der Waals surface area contributed by atoms with Crippen molar-refractivity contribution in [1.29, 1.82) is 0 Å². The largest absolute Gasteiger partial charge is 0.454 e. The smallest absolute Gasteiger partial charge is 0.326 e. The van der Waals surface area contributed by atoms with Crippen molar-refractivity contribution in [2.24, 2.45) is 11.3 Å². The molecule has 1 aromatic carbocycles. The van der Waals surface area contributed by atoms with Gasteiger partial charge in [0.15, 0.2) is 6.61 Å². The van der Waals surface area contributed by atoms with Gasteiger partial charge in [-0.3, -0.25) is 19.3 Å². The Balaban J connectivity index is 1.47. The van der Waals surface area contributed by atoms with Crippen LogP contribution in [0.1, 0.15) is 57.6 Å². The van der Waals surface area contributed by atoms with E-state index in [0.717, 1.165) is 28.9 Å². The monoisotopic (exact) mass is 443 g/mol. The number of benzene rings is 1. The van der Waals surface area contributed by atoms with Crippen LogP contribution in [0, 0.1) is 18.3 Å². The molecule has 2 fully saturated rings. The van der Waals surface area contributed by atoms with Gasteiger partial charge in [-0.05, 0) is 55.1 Å². The molecule has 0 radical (unpaired) electrons. The van der Waals surface area contributed by atoms with Crippen LogP contribution in [-0.4, -0.2) is 47.4 Å². The number of carbonyl (C=O) groups excluding carboxylic acids is 4. The predicted molar refractivity (Wildman–Crippen MR) is 118 cm³/mol. The lowest BCUT2D eigenvalue weighted by atomic mass is 9.67. The Labute approximate surface area is 189 Å². The summed E-state index contributed by atoms with van der Waals surface area (Å²) in [7, 11) is 0. The summed E-state index contributed by atoms with van der Waals surface area (Å²) in [6.45, 7) is 7.86. The van der Waals surface area contributed by atoms with Crippen LogP contribution < -0.4 is 10.6 Å². The van der Waals surface area contributed by atoms with Crippen LogP contribution in [0.3, 0.4) is 0 Å². The van der Waals surface area contributed by atoms with Crippen LogP contribution in [0.25, 0.3) is 0 Å². The summed E-state index contributed by atoms with van der Waals surface area (Å²) in [5, 5.41) is 5.50. The van der Waals surface area contributed by atoms with E-state index in [4.69, 9.17) is 4.74 Å². The van der Waals surface area contributed by atoms with Crippen LogP contribution in [0.2, 0.25) is 0 Å². The van der Waals surface area contributed by atoms with E-state index >= 15 is 0 Å². The SMILES string of the molecule is Cc1ccccc1CNC(=O)COC(=O)CN1C(=O)NC2(CCC(C(C)(C)C)CC2)C1=O. The first-order chi connectivity index (χ1) is 15.0. The fourth-order valence-electron chi connectivity index (χ4n) is 4.51. The number of nitrogens with zero attached hydrogens (tertiary/aromatic N) is 1. The number of nitrogens with one attached hydrogen (secondary N) is 2. The summed E-state index contributed by atoms with van der Waals surface area (Å²) in [4.78, 5) is 50.5. The molecule has 1 aliphatic carbocycles. The molecular weight excluding hydrogens is 410 g/mol. The average Bonchev–Trinajstić information content (AvgIpc) is 2.95. The van der Waals surface area contributed by atoms with Crippen LogP contribution in [0.5, 0.6) is 0 Å². The first-order valence-electron chi connectivity index (χ1n) is 11.1. The second-order valence-corrected chi connectivity index (χ2v) is 9.91. The van der Waals surface area contributed by atoms with Gasteiger partial charge in [0.2, 0.25) is 0 Å². The highest BCUT2D eigenvalue weighted by Gasteiger charge is 2.53. The Morgan fingerprint density at radius 2 is 1.84 bits per heavy atom. The first kappa shape index (κ1) is 23.8. The number of urea groups is 1. The zero-order valence-electron chi connectivity index (χ0n) is 19.3. The van der Waals surface area contributed by atoms with E-state index in [0.29, 0.717) is 25.3 Å². The lowest BCUT2D eigenvalue weighted by Crippen LogP contribution is -2.50. The molecule has 1 saturated heterocycles. The number of hydrogen-bond acceptors (Lipinski definition) is 5. The van der Waals surface area contributed by atoms with E-state index in [-0.39, 0.29) is 11.3 Å². The lowest BCUT2D eigenvalue weighted by Gasteiger charge is -2.40. The van der Waals surface area contributed by atoms with Gasteiger partial charge in [0.25, 0.3) is 11.8 Å². The summed E-state index contributed by atoms with van der Waals surface area (Å²) in [6.07, 6.45) is 2.81. The number of aryl methyl sites for hydroxylation is 1. The number of imide groups is 1. The third-order valence-corrected chi connectivity index (χ3v) is 6.70. The number of carbonyl (C=O) groups is 4. The topological polar surface area (TPSA) is 105 Å². The minimum absolute atomic E-state index is 0.149. The summed E-state index contributed by atoms with van der Waals surface area (Å²) in [6, 6.07) is 7.07. The zero-order chi connectivity index (χ0) is 23.5. The maximum Gasteiger partial charge on any atom is 0.326 e. The van der Waals surface area contributed by atoms with Gasteiger partial charge in [0.05, 0.1) is 0 Å². The zero-order valence-corrected chi connectivity index (χ0v) is 19.3. The number of esters is 1. The Bertz CT molecular complexity index is 897. The standard InChI is InChI=1S/C24H33N3O5/c1-16-7-5-6-8-17(16)13-25-19(28)15-32-20(29)14-27-21(30)24(26-22(27)31)11-9-18(10-12-24)23(2,3)4/h5-8,18H,9-15H2,1-4H3,(H,25,28)(H,26,31). The molecule has 8 heteroatoms. The number of amides is 4. The second-order valence-electron chi connectivity index (χ2n) is 9.91. The number of rotatable bonds is 6. The van der Waals surface area contributed by atoms with E-state index in [1.54, 1.807) is 0 Å². The van der Waals surface area contributed by atoms with Gasteiger partial charge >= 0.3 is 12.0 Å². The predicted octanol–water partition coefficient (Wildman–Crippen LogP) is 2.68. The molecule has 0 aromatic heterocycles. The maximum absolute atomic E-state index is 13.0. The number of hydrogen-bond donors (Lipinski definition) is 2. The van der Waals surface area contributed by atoms with Crippen molar-refractivity contribution < 1.29 is 23.9 Å². The van der Waals surface area contributed by atoms with Gasteiger partial charge in [-0.15, -0.1) is 0 Å². The van der Waals surface area contributed by atoms with Crippen LogP contribution in [-0.2, 0) is 25.7 Å². The Morgan fingerprint density at radius 1 is 1.19 bits per heavy atom. The highest BCUT2D eigenvalue weighted by atomic mass is 16.5. The quantitative estimate of drug-likeness (QED) is 0.520.